The van der Waals surface area contributed by atoms with Gasteiger partial charge < -0.3 is 4.74 Å². The first-order chi connectivity index (χ1) is 4.93. The van der Waals surface area contributed by atoms with Crippen molar-refractivity contribution >= 4 is 7.85 Å². The molecule has 0 aromatic rings. The van der Waals surface area contributed by atoms with Gasteiger partial charge in [-0.1, -0.05) is 6.32 Å². The average Bonchev–Trinajstić information content (AvgIpc) is 2.03. The monoisotopic (exact) mass is 139 g/mol. The first kappa shape index (κ1) is 8.09. The van der Waals surface area contributed by atoms with Crippen molar-refractivity contribution in [1.29, 1.82) is 0 Å². The maximum Gasteiger partial charge on any atom is 0.0653 e. The van der Waals surface area contributed by atoms with Gasteiger partial charge in [0.2, 0.25) is 0 Å². The zero-order valence-corrected chi connectivity index (χ0v) is 6.38. The molecule has 1 fully saturated rings. The highest BCUT2D eigenvalue weighted by Gasteiger charge is 2.07. The molecule has 1 heterocycles. The second kappa shape index (κ2) is 4.75. The fourth-order valence-corrected chi connectivity index (χ4v) is 1.14. The van der Waals surface area contributed by atoms with E-state index in [4.69, 9.17) is 12.6 Å². The van der Waals surface area contributed by atoms with Crippen molar-refractivity contribution in [3.63, 3.8) is 0 Å². The molecule has 0 N–H and O–H groups in total. The lowest BCUT2D eigenvalue weighted by molar-refractivity contribution is 0.0380. The molecule has 0 atom stereocenters. The quantitative estimate of drug-likeness (QED) is 0.521. The normalized spacial score (nSPS) is 21.2. The molecule has 56 valence electrons. The second-order valence-electron chi connectivity index (χ2n) is 2.60. The smallest absolute Gasteiger partial charge is 0.0653 e. The minimum absolute atomic E-state index is 0.803. The third kappa shape index (κ3) is 2.71. The summed E-state index contributed by atoms with van der Waals surface area (Å²) in [5, 5.41) is 0. The van der Waals surface area contributed by atoms with E-state index in [9.17, 15) is 0 Å². The van der Waals surface area contributed by atoms with Gasteiger partial charge in [-0.2, -0.15) is 0 Å². The lowest BCUT2D eigenvalue weighted by Gasteiger charge is -2.26. The summed E-state index contributed by atoms with van der Waals surface area (Å²) in [5.41, 5.74) is 0. The molecule has 10 heavy (non-hydrogen) atoms. The van der Waals surface area contributed by atoms with E-state index in [1.54, 1.807) is 0 Å². The van der Waals surface area contributed by atoms with Gasteiger partial charge in [0.25, 0.3) is 0 Å². The maximum atomic E-state index is 5.39. The van der Waals surface area contributed by atoms with Gasteiger partial charge in [0, 0.05) is 13.1 Å². The molecule has 1 saturated heterocycles. The fourth-order valence-electron chi connectivity index (χ4n) is 1.14. The summed E-state index contributed by atoms with van der Waals surface area (Å²) in [6.07, 6.45) is 1.91. The second-order valence-corrected chi connectivity index (χ2v) is 2.60. The van der Waals surface area contributed by atoms with Crippen molar-refractivity contribution in [3.8, 4) is 0 Å². The van der Waals surface area contributed by atoms with E-state index in [1.165, 1.54) is 0 Å². The molecule has 0 amide bonds. The summed E-state index contributed by atoms with van der Waals surface area (Å²) in [6.45, 7) is 5.09. The molecule has 0 aromatic carbocycles. The number of hydrogen-bond donors (Lipinski definition) is 0. The van der Waals surface area contributed by atoms with E-state index in [1.807, 2.05) is 0 Å². The molecule has 0 bridgehead atoms. The Hall–Kier alpha value is -0.0151. The lowest BCUT2D eigenvalue weighted by atomic mass is 10.0. The minimum atomic E-state index is 0.803. The van der Waals surface area contributed by atoms with Crippen molar-refractivity contribution in [3.05, 3.63) is 0 Å². The van der Waals surface area contributed by atoms with Gasteiger partial charge in [0.05, 0.1) is 21.1 Å². The van der Waals surface area contributed by atoms with E-state index in [0.29, 0.717) is 0 Å². The van der Waals surface area contributed by atoms with Gasteiger partial charge in [0.1, 0.15) is 0 Å². The summed E-state index contributed by atoms with van der Waals surface area (Å²) < 4.78 is 5.21. The van der Waals surface area contributed by atoms with Gasteiger partial charge in [-0.3, -0.25) is 4.90 Å². The third-order valence-electron chi connectivity index (χ3n) is 1.78. The summed E-state index contributed by atoms with van der Waals surface area (Å²) in [6, 6.07) is 0. The number of morpholine rings is 1. The van der Waals surface area contributed by atoms with Crippen molar-refractivity contribution < 1.29 is 4.74 Å². The van der Waals surface area contributed by atoms with Gasteiger partial charge in [-0.25, -0.2) is 0 Å². The van der Waals surface area contributed by atoms with Crippen LogP contribution in [0.25, 0.3) is 0 Å². The molecule has 0 unspecified atom stereocenters. The van der Waals surface area contributed by atoms with E-state index in [2.05, 4.69) is 4.90 Å². The zero-order valence-electron chi connectivity index (χ0n) is 6.38. The van der Waals surface area contributed by atoms with Crippen molar-refractivity contribution in [1.82, 2.24) is 4.90 Å². The van der Waals surface area contributed by atoms with Crippen molar-refractivity contribution in [2.75, 3.05) is 32.8 Å². The highest BCUT2D eigenvalue weighted by molar-refractivity contribution is 6.08. The van der Waals surface area contributed by atoms with E-state index in [0.717, 1.165) is 45.6 Å². The van der Waals surface area contributed by atoms with Crippen LogP contribution < -0.4 is 0 Å². The predicted octanol–water partition coefficient (Wildman–Crippen LogP) is 0.295. The Bertz CT molecular complexity index is 83.7. The van der Waals surface area contributed by atoms with Gasteiger partial charge in [-0.05, 0) is 13.0 Å². The zero-order chi connectivity index (χ0) is 7.23. The van der Waals surface area contributed by atoms with Crippen LogP contribution >= 0.6 is 0 Å². The number of hydrogen-bond acceptors (Lipinski definition) is 2. The third-order valence-corrected chi connectivity index (χ3v) is 1.78. The molecular formula is C7H14BNO. The first-order valence-corrected chi connectivity index (χ1v) is 3.93. The Labute approximate surface area is 63.9 Å². The number of rotatable bonds is 3. The molecule has 0 aromatic heterocycles. The Balaban J connectivity index is 2.02. The average molecular weight is 139 g/mol. The number of nitrogens with zero attached hydrogens (tertiary/aromatic N) is 1. The minimum Gasteiger partial charge on any atom is -0.379 e. The Kier molecular flexibility index (Phi) is 3.84. The molecular weight excluding hydrogens is 125 g/mol. The highest BCUT2D eigenvalue weighted by Crippen LogP contribution is 1.98. The molecule has 0 aliphatic carbocycles. The topological polar surface area (TPSA) is 12.5 Å². The molecule has 0 saturated carbocycles. The maximum absolute atomic E-state index is 5.39. The van der Waals surface area contributed by atoms with E-state index >= 15 is 0 Å². The predicted molar refractivity (Wildman–Crippen MR) is 42.4 cm³/mol. The van der Waals surface area contributed by atoms with Crippen LogP contribution in [0.3, 0.4) is 0 Å². The van der Waals surface area contributed by atoms with Crippen LogP contribution in [-0.4, -0.2) is 45.6 Å². The van der Waals surface area contributed by atoms with Crippen LogP contribution in [0.2, 0.25) is 6.32 Å². The van der Waals surface area contributed by atoms with Gasteiger partial charge >= 0.3 is 0 Å². The molecule has 1 aliphatic heterocycles. The van der Waals surface area contributed by atoms with Crippen LogP contribution in [0.1, 0.15) is 6.42 Å². The highest BCUT2D eigenvalue weighted by atomic mass is 16.5. The van der Waals surface area contributed by atoms with Crippen molar-refractivity contribution in [2.24, 2.45) is 0 Å². The summed E-state index contributed by atoms with van der Waals surface area (Å²) in [5.74, 6) is 0. The first-order valence-electron chi connectivity index (χ1n) is 3.93. The standard InChI is InChI=1S/C7H14BNO/c8-2-1-3-9-4-6-10-7-5-9/h1-7H2. The fraction of sp³-hybridized carbons (Fsp3) is 1.00. The molecule has 2 radical (unpaired) electrons. The molecule has 1 aliphatic rings. The van der Waals surface area contributed by atoms with Crippen molar-refractivity contribution in [2.45, 2.75) is 12.7 Å². The lowest BCUT2D eigenvalue weighted by Crippen LogP contribution is -2.36. The molecule has 1 rings (SSSR count). The molecule has 2 nitrogen and oxygen atoms in total. The summed E-state index contributed by atoms with van der Waals surface area (Å²) in [7, 11) is 5.39. The van der Waals surface area contributed by atoms with Crippen LogP contribution in [0.15, 0.2) is 0 Å². The van der Waals surface area contributed by atoms with Crippen LogP contribution in [-0.2, 0) is 4.74 Å². The van der Waals surface area contributed by atoms with E-state index < -0.39 is 0 Å². The summed E-state index contributed by atoms with van der Waals surface area (Å²) >= 11 is 0. The van der Waals surface area contributed by atoms with Gasteiger partial charge in [-0.15, -0.1) is 0 Å². The number of ether oxygens (including phenoxy) is 1. The SMILES string of the molecule is [B]CCCN1CCOCC1. The van der Waals surface area contributed by atoms with E-state index in [-0.39, 0.29) is 0 Å². The van der Waals surface area contributed by atoms with Crippen LogP contribution in [0, 0.1) is 0 Å². The Morgan fingerprint density at radius 1 is 1.30 bits per heavy atom. The van der Waals surface area contributed by atoms with Crippen LogP contribution in [0.4, 0.5) is 0 Å². The summed E-state index contributed by atoms with van der Waals surface area (Å²) in [4.78, 5) is 2.40. The van der Waals surface area contributed by atoms with Crippen LogP contribution in [0.5, 0.6) is 0 Å². The molecule has 0 spiro atoms. The largest absolute Gasteiger partial charge is 0.379 e. The van der Waals surface area contributed by atoms with Gasteiger partial charge in [0.15, 0.2) is 0 Å². The Morgan fingerprint density at radius 3 is 2.60 bits per heavy atom. The molecule has 3 heteroatoms. The Morgan fingerprint density at radius 2 is 2.00 bits per heavy atom.